The van der Waals surface area contributed by atoms with Crippen LogP contribution in [0.5, 0.6) is 5.75 Å². The van der Waals surface area contributed by atoms with Crippen LogP contribution < -0.4 is 4.74 Å². The lowest BCUT2D eigenvalue weighted by atomic mass is 10.1. The highest BCUT2D eigenvalue weighted by Gasteiger charge is 2.11. The topological polar surface area (TPSA) is 52.3 Å². The molecule has 0 atom stereocenters. The maximum Gasteiger partial charge on any atom is 0.235 e. The molecule has 19 heavy (non-hydrogen) atoms. The van der Waals surface area contributed by atoms with Crippen molar-refractivity contribution < 1.29 is 4.74 Å². The van der Waals surface area contributed by atoms with E-state index in [4.69, 9.17) is 4.74 Å². The second-order valence-corrected chi connectivity index (χ2v) is 5.92. The van der Waals surface area contributed by atoms with Crippen molar-refractivity contribution in [3.05, 3.63) is 35.7 Å². The summed E-state index contributed by atoms with van der Waals surface area (Å²) in [6.07, 6.45) is 2.72. The molecule has 3 aromatic rings. The quantitative estimate of drug-likeness (QED) is 0.692. The van der Waals surface area contributed by atoms with Gasteiger partial charge in [0, 0.05) is 6.42 Å². The third-order valence-corrected chi connectivity index (χ3v) is 4.61. The number of aromatic nitrogens is 4. The van der Waals surface area contributed by atoms with E-state index in [1.807, 2.05) is 35.0 Å². The van der Waals surface area contributed by atoms with Crippen LogP contribution >= 0.6 is 23.1 Å². The molecule has 0 saturated heterocycles. The van der Waals surface area contributed by atoms with Crippen LogP contribution in [0.25, 0.3) is 4.96 Å². The summed E-state index contributed by atoms with van der Waals surface area (Å²) in [7, 11) is 1.66. The molecule has 5 nitrogen and oxygen atoms in total. The number of benzene rings is 1. The molecular weight excluding hydrogens is 280 g/mol. The van der Waals surface area contributed by atoms with Gasteiger partial charge < -0.3 is 4.74 Å². The van der Waals surface area contributed by atoms with Crippen molar-refractivity contribution in [2.45, 2.75) is 10.8 Å². The van der Waals surface area contributed by atoms with E-state index in [-0.39, 0.29) is 0 Å². The van der Waals surface area contributed by atoms with E-state index in [0.717, 1.165) is 26.4 Å². The first-order valence-electron chi connectivity index (χ1n) is 5.68. The minimum Gasteiger partial charge on any atom is -0.497 e. The monoisotopic (exact) mass is 292 g/mol. The summed E-state index contributed by atoms with van der Waals surface area (Å²) >= 11 is 3.18. The molecule has 0 saturated carbocycles. The number of hydrogen-bond donors (Lipinski definition) is 0. The highest BCUT2D eigenvalue weighted by atomic mass is 32.2. The minimum atomic E-state index is 0.711. The van der Waals surface area contributed by atoms with Crippen molar-refractivity contribution in [1.29, 1.82) is 0 Å². The predicted octanol–water partition coefficient (Wildman–Crippen LogP) is 2.51. The van der Waals surface area contributed by atoms with E-state index in [2.05, 4.69) is 15.3 Å². The summed E-state index contributed by atoms with van der Waals surface area (Å²) in [4.78, 5) is 0.841. The fourth-order valence-electron chi connectivity index (χ4n) is 1.76. The number of ether oxygens (including phenoxy) is 1. The van der Waals surface area contributed by atoms with Crippen LogP contribution in [0.3, 0.4) is 0 Å². The predicted molar refractivity (Wildman–Crippen MR) is 76.2 cm³/mol. The van der Waals surface area contributed by atoms with Crippen molar-refractivity contribution in [2.75, 3.05) is 13.4 Å². The van der Waals surface area contributed by atoms with E-state index in [9.17, 15) is 0 Å². The van der Waals surface area contributed by atoms with Gasteiger partial charge in [-0.25, -0.2) is 0 Å². The first-order chi connectivity index (χ1) is 9.30. The highest BCUT2D eigenvalue weighted by molar-refractivity contribution is 8.00. The van der Waals surface area contributed by atoms with Crippen LogP contribution in [-0.2, 0) is 6.42 Å². The van der Waals surface area contributed by atoms with Crippen molar-refractivity contribution in [3.63, 3.8) is 0 Å². The van der Waals surface area contributed by atoms with Crippen LogP contribution in [-0.4, -0.2) is 33.2 Å². The van der Waals surface area contributed by atoms with Gasteiger partial charge in [0.2, 0.25) is 4.96 Å². The van der Waals surface area contributed by atoms with Gasteiger partial charge >= 0.3 is 0 Å². The third kappa shape index (κ3) is 2.43. The molecule has 7 heteroatoms. The lowest BCUT2D eigenvalue weighted by Gasteiger charge is -2.01. The molecule has 0 aliphatic carbocycles. The summed E-state index contributed by atoms with van der Waals surface area (Å²) < 4.78 is 7.97. The fourth-order valence-corrected chi connectivity index (χ4v) is 3.07. The summed E-state index contributed by atoms with van der Waals surface area (Å²) in [5.41, 5.74) is 1.16. The number of rotatable bonds is 4. The number of thioether (sulfide) groups is 1. The van der Waals surface area contributed by atoms with Gasteiger partial charge in [-0.2, -0.15) is 4.52 Å². The third-order valence-electron chi connectivity index (χ3n) is 2.73. The molecule has 0 N–H and O–H groups in total. The average Bonchev–Trinajstić information content (AvgIpc) is 3.01. The zero-order chi connectivity index (χ0) is 13.2. The van der Waals surface area contributed by atoms with Crippen LogP contribution in [0.15, 0.2) is 28.6 Å². The van der Waals surface area contributed by atoms with Gasteiger partial charge in [-0.05, 0) is 24.0 Å². The summed E-state index contributed by atoms with van der Waals surface area (Å²) in [6, 6.07) is 7.95. The molecule has 98 valence electrons. The minimum absolute atomic E-state index is 0.711. The van der Waals surface area contributed by atoms with Crippen LogP contribution in [0.1, 0.15) is 11.4 Å². The molecule has 0 bridgehead atoms. The number of hydrogen-bond acceptors (Lipinski definition) is 6. The maximum atomic E-state index is 5.15. The van der Waals surface area contributed by atoms with Crippen molar-refractivity contribution in [2.24, 2.45) is 0 Å². The van der Waals surface area contributed by atoms with E-state index in [0.29, 0.717) is 6.42 Å². The first-order valence-corrected chi connectivity index (χ1v) is 7.72. The smallest absolute Gasteiger partial charge is 0.235 e. The van der Waals surface area contributed by atoms with Crippen LogP contribution in [0.4, 0.5) is 0 Å². The molecule has 0 aliphatic heterocycles. The summed E-state index contributed by atoms with van der Waals surface area (Å²) in [5.74, 6) is 1.71. The van der Waals surface area contributed by atoms with Crippen LogP contribution in [0, 0.1) is 0 Å². The number of methoxy groups -OCH3 is 1. The standard InChI is InChI=1S/C12H12N4OS2/c1-17-9-5-3-8(4-6-9)7-10-13-14-11-16(10)15-12(18-2)19-11/h3-6H,7H2,1-2H3. The summed E-state index contributed by atoms with van der Waals surface area (Å²) in [6.45, 7) is 0. The molecule has 0 amide bonds. The van der Waals surface area contributed by atoms with Gasteiger partial charge in [0.1, 0.15) is 5.75 Å². The van der Waals surface area contributed by atoms with Gasteiger partial charge in [0.05, 0.1) is 7.11 Å². The second-order valence-electron chi connectivity index (χ2n) is 3.91. The Kier molecular flexibility index (Phi) is 3.39. The lowest BCUT2D eigenvalue weighted by molar-refractivity contribution is 0.414. The van der Waals surface area contributed by atoms with E-state index in [1.165, 1.54) is 0 Å². The average molecular weight is 292 g/mol. The largest absolute Gasteiger partial charge is 0.497 e. The number of nitrogens with zero attached hydrogens (tertiary/aromatic N) is 4. The molecule has 0 aliphatic rings. The SMILES string of the molecule is COc1ccc(Cc2nnc3sc(SC)nn23)cc1. The Morgan fingerprint density at radius 1 is 1.26 bits per heavy atom. The molecule has 1 aromatic carbocycles. The van der Waals surface area contributed by atoms with E-state index in [1.54, 1.807) is 30.2 Å². The van der Waals surface area contributed by atoms with Gasteiger partial charge in [0.25, 0.3) is 0 Å². The molecule has 0 radical (unpaired) electrons. The molecule has 0 spiro atoms. The lowest BCUT2D eigenvalue weighted by Crippen LogP contribution is -1.97. The summed E-state index contributed by atoms with van der Waals surface area (Å²) in [5, 5.41) is 12.8. The van der Waals surface area contributed by atoms with Gasteiger partial charge in [0.15, 0.2) is 10.2 Å². The molecule has 2 aromatic heterocycles. The van der Waals surface area contributed by atoms with Crippen LogP contribution in [0.2, 0.25) is 0 Å². The van der Waals surface area contributed by atoms with E-state index >= 15 is 0 Å². The Morgan fingerprint density at radius 3 is 2.74 bits per heavy atom. The molecule has 2 heterocycles. The number of fused-ring (bicyclic) bond motifs is 1. The van der Waals surface area contributed by atoms with Gasteiger partial charge in [-0.15, -0.1) is 15.3 Å². The van der Waals surface area contributed by atoms with E-state index < -0.39 is 0 Å². The second kappa shape index (κ2) is 5.18. The van der Waals surface area contributed by atoms with Crippen molar-refractivity contribution in [1.82, 2.24) is 19.8 Å². The Balaban J connectivity index is 1.89. The maximum absolute atomic E-state index is 5.15. The Morgan fingerprint density at radius 2 is 2.05 bits per heavy atom. The van der Waals surface area contributed by atoms with Gasteiger partial charge in [-0.3, -0.25) is 0 Å². The van der Waals surface area contributed by atoms with Gasteiger partial charge in [-0.1, -0.05) is 35.2 Å². The molecular formula is C12H12N4OS2. The molecule has 3 rings (SSSR count). The molecule has 0 fully saturated rings. The fraction of sp³-hybridized carbons (Fsp3) is 0.250. The Hall–Kier alpha value is -1.60. The van der Waals surface area contributed by atoms with Crippen molar-refractivity contribution in [3.8, 4) is 5.75 Å². The highest BCUT2D eigenvalue weighted by Crippen LogP contribution is 2.23. The zero-order valence-corrected chi connectivity index (χ0v) is 12.2. The normalized spacial score (nSPS) is 11.1. The Bertz CT molecular complexity index is 689. The molecule has 0 unspecified atom stereocenters. The van der Waals surface area contributed by atoms with Crippen molar-refractivity contribution >= 4 is 28.1 Å². The first kappa shape index (κ1) is 12.4. The zero-order valence-electron chi connectivity index (χ0n) is 10.5. The Labute approximate surface area is 118 Å².